The molecule has 10 rings (SSSR count). The van der Waals surface area contributed by atoms with E-state index in [1.807, 2.05) is 79.7 Å². The Morgan fingerprint density at radius 2 is 0.512 bits per heavy atom. The summed E-state index contributed by atoms with van der Waals surface area (Å²) in [5, 5.41) is 37.7. The number of aliphatic carboxylic acids is 1. The monoisotopic (exact) mass is 1150 g/mol. The minimum Gasteiger partial charge on any atom is -0.481 e. The van der Waals surface area contributed by atoms with Crippen molar-refractivity contribution < 1.29 is 39.2 Å². The minimum atomic E-state index is -0.671. The Bertz CT molecular complexity index is 3530. The molecule has 0 aliphatic carbocycles. The van der Waals surface area contributed by atoms with Gasteiger partial charge in [-0.3, -0.25) is 14.4 Å². The third kappa shape index (κ3) is 14.3. The summed E-state index contributed by atoms with van der Waals surface area (Å²) >= 11 is 0. The van der Waals surface area contributed by atoms with E-state index in [2.05, 4.69) is 170 Å². The first-order chi connectivity index (χ1) is 41.6. The zero-order valence-corrected chi connectivity index (χ0v) is 51.6. The third-order valence-electron chi connectivity index (χ3n) is 17.1. The van der Waals surface area contributed by atoms with Gasteiger partial charge < -0.3 is 24.8 Å². The van der Waals surface area contributed by atoms with E-state index in [1.54, 1.807) is 13.8 Å². The summed E-state index contributed by atoms with van der Waals surface area (Å²) in [4.78, 5) is 35.4. The lowest BCUT2D eigenvalue weighted by Gasteiger charge is -2.20. The molecule has 10 aromatic rings. The number of benzene rings is 10. The smallest absolute Gasteiger partial charge is 0.309 e. The van der Waals surface area contributed by atoms with Crippen molar-refractivity contribution in [1.29, 1.82) is 0 Å². The van der Waals surface area contributed by atoms with Crippen LogP contribution >= 0.6 is 0 Å². The fourth-order valence-electron chi connectivity index (χ4n) is 11.8. The van der Waals surface area contributed by atoms with Crippen LogP contribution in [0.25, 0.3) is 87.6 Å². The molecule has 0 aromatic heterocycles. The molecule has 0 amide bonds. The predicted octanol–water partition coefficient (Wildman–Crippen LogP) is 20.3. The third-order valence-corrected chi connectivity index (χ3v) is 17.1. The lowest BCUT2D eigenvalue weighted by atomic mass is 9.85. The molecule has 0 saturated carbocycles. The van der Waals surface area contributed by atoms with E-state index in [1.165, 1.54) is 65.3 Å². The maximum atomic E-state index is 12.6. The molecule has 8 nitrogen and oxygen atoms in total. The van der Waals surface area contributed by atoms with Crippen LogP contribution in [0.4, 0.5) is 0 Å². The summed E-state index contributed by atoms with van der Waals surface area (Å²) in [6.07, 6.45) is 3.04. The molecule has 444 valence electrons. The molecular formula is C78H84O8. The number of ether oxygens (including phenoxy) is 2. The number of carbonyl (C=O) groups excluding carboxylic acids is 2. The molecule has 4 atom stereocenters. The number of aliphatic hydroxyl groups is 2. The molecule has 8 heteroatoms. The summed E-state index contributed by atoms with van der Waals surface area (Å²) in [6.45, 7) is 19.4. The van der Waals surface area contributed by atoms with Crippen molar-refractivity contribution in [3.8, 4) is 44.5 Å². The van der Waals surface area contributed by atoms with Crippen molar-refractivity contribution >= 4 is 61.0 Å². The zero-order valence-electron chi connectivity index (χ0n) is 51.6. The molecule has 0 radical (unpaired) electrons. The first-order valence-electron chi connectivity index (χ1n) is 30.8. The van der Waals surface area contributed by atoms with E-state index in [0.29, 0.717) is 0 Å². The van der Waals surface area contributed by atoms with Crippen molar-refractivity contribution in [3.05, 3.63) is 216 Å². The Kier molecular flexibility index (Phi) is 21.9. The molecule has 86 heavy (non-hydrogen) atoms. The van der Waals surface area contributed by atoms with Crippen LogP contribution in [0.2, 0.25) is 0 Å². The topological polar surface area (TPSA) is 130 Å². The average Bonchev–Trinajstić information content (AvgIpc) is 1.09. The number of carbonyl (C=O) groups is 3. The molecule has 0 aliphatic rings. The zero-order chi connectivity index (χ0) is 61.6. The van der Waals surface area contributed by atoms with Gasteiger partial charge in [-0.25, -0.2) is 0 Å². The first-order valence-corrected chi connectivity index (χ1v) is 30.8. The van der Waals surface area contributed by atoms with E-state index in [0.717, 1.165) is 83.0 Å². The number of carboxylic acids is 1. The quantitative estimate of drug-likeness (QED) is 0.0539. The highest BCUT2D eigenvalue weighted by atomic mass is 16.5. The van der Waals surface area contributed by atoms with Gasteiger partial charge in [0.2, 0.25) is 0 Å². The second-order valence-electron chi connectivity index (χ2n) is 22.6. The summed E-state index contributed by atoms with van der Waals surface area (Å²) < 4.78 is 11.7. The first kappa shape index (κ1) is 63.6. The van der Waals surface area contributed by atoms with E-state index in [-0.39, 0.29) is 41.9 Å². The lowest BCUT2D eigenvalue weighted by molar-refractivity contribution is -0.154. The van der Waals surface area contributed by atoms with Crippen molar-refractivity contribution in [2.45, 2.75) is 132 Å². The minimum absolute atomic E-state index is 0.0607. The Labute approximate surface area is 508 Å². The number of esters is 2. The number of hydrogen-bond acceptors (Lipinski definition) is 7. The largest absolute Gasteiger partial charge is 0.481 e. The molecular weight excluding hydrogens is 1060 g/mol. The second kappa shape index (κ2) is 29.6. The summed E-state index contributed by atoms with van der Waals surface area (Å²) in [5.74, 6) is -1.17. The molecule has 0 fully saturated rings. The highest BCUT2D eigenvalue weighted by Gasteiger charge is 2.23. The Morgan fingerprint density at radius 3 is 0.674 bits per heavy atom. The number of carboxylic acid groups (broad SMARTS) is 1. The van der Waals surface area contributed by atoms with Gasteiger partial charge >= 0.3 is 17.9 Å². The summed E-state index contributed by atoms with van der Waals surface area (Å²) in [5.41, 5.74) is 13.1. The fraction of sp³-hybridized carbons (Fsp3) is 0.295. The molecule has 0 heterocycles. The maximum Gasteiger partial charge on any atom is 0.309 e. The molecule has 0 aliphatic heterocycles. The van der Waals surface area contributed by atoms with Gasteiger partial charge in [0.05, 0.1) is 30.0 Å². The van der Waals surface area contributed by atoms with Gasteiger partial charge in [-0.1, -0.05) is 236 Å². The van der Waals surface area contributed by atoms with Crippen LogP contribution < -0.4 is 0 Å². The van der Waals surface area contributed by atoms with Gasteiger partial charge in [-0.05, 0) is 176 Å². The van der Waals surface area contributed by atoms with Gasteiger partial charge in [0.25, 0.3) is 0 Å². The summed E-state index contributed by atoms with van der Waals surface area (Å²) in [7, 11) is 0. The highest BCUT2D eigenvalue weighted by Crippen LogP contribution is 2.46. The number of aliphatic hydroxyl groups excluding tert-OH is 2. The van der Waals surface area contributed by atoms with Crippen LogP contribution in [-0.2, 0) is 23.9 Å². The van der Waals surface area contributed by atoms with E-state index in [4.69, 9.17) is 14.6 Å². The van der Waals surface area contributed by atoms with Gasteiger partial charge in [0.1, 0.15) is 12.2 Å². The van der Waals surface area contributed by atoms with Gasteiger partial charge in [-0.15, -0.1) is 0 Å². The van der Waals surface area contributed by atoms with Crippen LogP contribution in [0.15, 0.2) is 194 Å². The van der Waals surface area contributed by atoms with Gasteiger partial charge in [0, 0.05) is 0 Å². The molecule has 10 aromatic carbocycles. The van der Waals surface area contributed by atoms with Crippen LogP contribution in [-0.4, -0.2) is 33.2 Å². The van der Waals surface area contributed by atoms with E-state index >= 15 is 0 Å². The summed E-state index contributed by atoms with van der Waals surface area (Å²) in [6, 6.07) is 67.6. The Morgan fingerprint density at radius 1 is 0.314 bits per heavy atom. The standard InChI is InChI=1S/C42H46O4.C30H26O2.C6H12O2/c1-7-29(8-2)41(43)45-27(5)31-19-23-33(24-20-31)39-35-15-11-13-17-37(35)40(38-18-14-12-16-36(38)39)34-25-21-32(22-26-34)28(6)46-42(44)30(9-3)10-4;1-19(31)21-11-15-23(16-12-21)29-25-7-3-5-9-27(25)30(28-10-6-4-8-26(28)29)24-17-13-22(14-18-24)20(2)32;1-3-5(4-2)6(7)8/h11-30H,7-10H2,1-6H3;3-20,31-32H,1-2H3;5H,3-4H2,1-2H3,(H,7,8). The van der Waals surface area contributed by atoms with E-state index < -0.39 is 18.2 Å². The van der Waals surface area contributed by atoms with Gasteiger partial charge in [0.15, 0.2) is 0 Å². The number of hydrogen-bond donors (Lipinski definition) is 3. The normalized spacial score (nSPS) is 12.8. The van der Waals surface area contributed by atoms with Crippen molar-refractivity contribution in [2.75, 3.05) is 0 Å². The highest BCUT2D eigenvalue weighted by molar-refractivity contribution is 6.22. The predicted molar refractivity (Wildman–Crippen MR) is 355 cm³/mol. The van der Waals surface area contributed by atoms with Crippen LogP contribution in [0, 0.1) is 17.8 Å². The maximum absolute atomic E-state index is 12.6. The molecule has 4 unspecified atom stereocenters. The van der Waals surface area contributed by atoms with Crippen LogP contribution in [0.3, 0.4) is 0 Å². The van der Waals surface area contributed by atoms with Crippen molar-refractivity contribution in [1.82, 2.24) is 0 Å². The average molecular weight is 1150 g/mol. The van der Waals surface area contributed by atoms with Crippen LogP contribution in [0.1, 0.15) is 154 Å². The molecule has 0 saturated heterocycles. The van der Waals surface area contributed by atoms with Crippen LogP contribution in [0.5, 0.6) is 0 Å². The Balaban J connectivity index is 0.000000207. The second-order valence-corrected chi connectivity index (χ2v) is 22.6. The molecule has 3 N–H and O–H groups in total. The van der Waals surface area contributed by atoms with Crippen molar-refractivity contribution in [2.24, 2.45) is 17.8 Å². The number of rotatable bonds is 19. The Hall–Kier alpha value is -8.43. The fourth-order valence-corrected chi connectivity index (χ4v) is 11.8. The molecule has 0 spiro atoms. The van der Waals surface area contributed by atoms with Crippen molar-refractivity contribution in [3.63, 3.8) is 0 Å². The SMILES string of the molecule is CC(O)c1ccc(-c2c3ccccc3c(-c3ccc(C(C)O)cc3)c3ccccc23)cc1.CCC(CC)C(=O)O.CCC(CC)C(=O)OC(C)c1ccc(-c2c3ccccc3c(-c3ccc(C(C)OC(=O)C(CC)CC)cc3)c3ccccc23)cc1. The molecule has 0 bridgehead atoms. The lowest BCUT2D eigenvalue weighted by Crippen LogP contribution is -2.18. The van der Waals surface area contributed by atoms with Gasteiger partial charge in [-0.2, -0.15) is 0 Å². The van der Waals surface area contributed by atoms with E-state index in [9.17, 15) is 24.6 Å². The number of fused-ring (bicyclic) bond motifs is 4.